The molecule has 0 saturated carbocycles. The lowest BCUT2D eigenvalue weighted by Crippen LogP contribution is -2.24. The smallest absolute Gasteiger partial charge is 0.230 e. The van der Waals surface area contributed by atoms with Gasteiger partial charge in [-0.2, -0.15) is 0 Å². The Bertz CT molecular complexity index is 1050. The number of rotatable bonds is 9. The van der Waals surface area contributed by atoms with E-state index in [1.807, 2.05) is 34.9 Å². The van der Waals surface area contributed by atoms with Crippen LogP contribution in [0.1, 0.15) is 31.9 Å². The fourth-order valence-corrected chi connectivity index (χ4v) is 3.92. The Morgan fingerprint density at radius 2 is 1.81 bits per heavy atom. The number of benzene rings is 2. The first kappa shape index (κ1) is 23.6. The molecule has 0 fully saturated rings. The molecule has 6 nitrogen and oxygen atoms in total. The van der Waals surface area contributed by atoms with Crippen molar-refractivity contribution in [3.05, 3.63) is 72.3 Å². The number of allylic oxidation sites excluding steroid dienone is 1. The van der Waals surface area contributed by atoms with Crippen LogP contribution in [0.15, 0.2) is 66.3 Å². The summed E-state index contributed by atoms with van der Waals surface area (Å²) in [6.45, 7) is 11.5. The Hall–Kier alpha value is -3.06. The minimum Gasteiger partial charge on any atom is -0.497 e. The van der Waals surface area contributed by atoms with Crippen LogP contribution in [0.25, 0.3) is 11.4 Å². The van der Waals surface area contributed by atoms with Crippen molar-refractivity contribution in [3.63, 3.8) is 0 Å². The lowest BCUT2D eigenvalue weighted by atomic mass is 9.87. The standard InChI is InChI=1S/C25H30N4O2S/c1-6-15-29-23(19-9-11-20(12-10-19)25(2,3)4)27-28-24(29)32-17-22(30)26-16-18-7-13-21(31-5)14-8-18/h6-14H,1,15-17H2,2-5H3,(H,26,30). The van der Waals surface area contributed by atoms with Crippen molar-refractivity contribution in [2.45, 2.75) is 44.4 Å². The van der Waals surface area contributed by atoms with E-state index in [1.165, 1.54) is 17.3 Å². The molecule has 2 aromatic carbocycles. The molecule has 0 bridgehead atoms. The van der Waals surface area contributed by atoms with Gasteiger partial charge in [0.25, 0.3) is 0 Å². The number of nitrogens with one attached hydrogen (secondary N) is 1. The number of nitrogens with zero attached hydrogens (tertiary/aromatic N) is 3. The van der Waals surface area contributed by atoms with Crippen molar-refractivity contribution < 1.29 is 9.53 Å². The molecule has 1 heterocycles. The molecule has 3 aromatic rings. The summed E-state index contributed by atoms with van der Waals surface area (Å²) in [5.41, 5.74) is 3.36. The van der Waals surface area contributed by atoms with Crippen molar-refractivity contribution in [3.8, 4) is 17.1 Å². The van der Waals surface area contributed by atoms with Gasteiger partial charge in [-0.25, -0.2) is 0 Å². The second-order valence-corrected chi connectivity index (χ2v) is 9.39. The first-order valence-electron chi connectivity index (χ1n) is 10.5. The fourth-order valence-electron chi connectivity index (χ4n) is 3.15. The van der Waals surface area contributed by atoms with E-state index in [1.54, 1.807) is 7.11 Å². The average Bonchev–Trinajstić information content (AvgIpc) is 3.19. The van der Waals surface area contributed by atoms with E-state index < -0.39 is 0 Å². The highest BCUT2D eigenvalue weighted by atomic mass is 32.2. The lowest BCUT2D eigenvalue weighted by molar-refractivity contribution is -0.118. The predicted octanol–water partition coefficient (Wildman–Crippen LogP) is 4.85. The van der Waals surface area contributed by atoms with Crippen molar-refractivity contribution >= 4 is 17.7 Å². The van der Waals surface area contributed by atoms with Gasteiger partial charge in [0.05, 0.1) is 12.9 Å². The van der Waals surface area contributed by atoms with Gasteiger partial charge in [0, 0.05) is 18.7 Å². The van der Waals surface area contributed by atoms with E-state index in [4.69, 9.17) is 4.74 Å². The monoisotopic (exact) mass is 450 g/mol. The van der Waals surface area contributed by atoms with Crippen LogP contribution in [0.2, 0.25) is 0 Å². The molecule has 0 radical (unpaired) electrons. The van der Waals surface area contributed by atoms with Gasteiger partial charge in [-0.05, 0) is 28.7 Å². The van der Waals surface area contributed by atoms with E-state index in [9.17, 15) is 4.79 Å². The SMILES string of the molecule is C=CCn1c(SCC(=O)NCc2ccc(OC)cc2)nnc1-c1ccc(C(C)(C)C)cc1. The van der Waals surface area contributed by atoms with Crippen LogP contribution in [-0.4, -0.2) is 33.5 Å². The molecule has 32 heavy (non-hydrogen) atoms. The van der Waals surface area contributed by atoms with E-state index in [0.717, 1.165) is 22.7 Å². The van der Waals surface area contributed by atoms with Crippen LogP contribution >= 0.6 is 11.8 Å². The Kier molecular flexibility index (Phi) is 7.75. The maximum Gasteiger partial charge on any atom is 0.230 e. The highest BCUT2D eigenvalue weighted by molar-refractivity contribution is 7.99. The molecule has 1 N–H and O–H groups in total. The third-order valence-electron chi connectivity index (χ3n) is 5.02. The first-order valence-corrected chi connectivity index (χ1v) is 11.5. The zero-order valence-electron chi connectivity index (χ0n) is 19.1. The Balaban J connectivity index is 1.64. The molecule has 0 aliphatic carbocycles. The van der Waals surface area contributed by atoms with Gasteiger partial charge in [0.2, 0.25) is 5.91 Å². The number of hydrogen-bond donors (Lipinski definition) is 1. The van der Waals surface area contributed by atoms with E-state index in [0.29, 0.717) is 18.2 Å². The molecule has 0 spiro atoms. The van der Waals surface area contributed by atoms with Crippen LogP contribution in [0.4, 0.5) is 0 Å². The van der Waals surface area contributed by atoms with Gasteiger partial charge in [-0.3, -0.25) is 9.36 Å². The van der Waals surface area contributed by atoms with Gasteiger partial charge in [0.1, 0.15) is 5.75 Å². The van der Waals surface area contributed by atoms with Gasteiger partial charge < -0.3 is 10.1 Å². The van der Waals surface area contributed by atoms with Crippen LogP contribution in [-0.2, 0) is 23.3 Å². The van der Waals surface area contributed by atoms with Crippen LogP contribution in [0.5, 0.6) is 5.75 Å². The molecule has 3 rings (SSSR count). The molecular weight excluding hydrogens is 420 g/mol. The number of carbonyl (C=O) groups is 1. The highest BCUT2D eigenvalue weighted by Gasteiger charge is 2.17. The van der Waals surface area contributed by atoms with E-state index >= 15 is 0 Å². The van der Waals surface area contributed by atoms with Crippen LogP contribution in [0.3, 0.4) is 0 Å². The first-order chi connectivity index (χ1) is 15.3. The van der Waals surface area contributed by atoms with Crippen molar-refractivity contribution in [2.24, 2.45) is 0 Å². The molecule has 1 aromatic heterocycles. The zero-order chi connectivity index (χ0) is 23.1. The number of amides is 1. The van der Waals surface area contributed by atoms with E-state index in [-0.39, 0.29) is 17.1 Å². The molecule has 7 heteroatoms. The summed E-state index contributed by atoms with van der Waals surface area (Å²) >= 11 is 1.37. The summed E-state index contributed by atoms with van der Waals surface area (Å²) in [4.78, 5) is 12.4. The predicted molar refractivity (Wildman–Crippen MR) is 130 cm³/mol. The lowest BCUT2D eigenvalue weighted by Gasteiger charge is -2.19. The van der Waals surface area contributed by atoms with Gasteiger partial charge in [0.15, 0.2) is 11.0 Å². The highest BCUT2D eigenvalue weighted by Crippen LogP contribution is 2.27. The van der Waals surface area contributed by atoms with Crippen molar-refractivity contribution in [1.29, 1.82) is 0 Å². The quantitative estimate of drug-likeness (QED) is 0.373. The molecule has 0 atom stereocenters. The number of aromatic nitrogens is 3. The second kappa shape index (κ2) is 10.5. The third kappa shape index (κ3) is 6.01. The Labute approximate surface area is 194 Å². The summed E-state index contributed by atoms with van der Waals surface area (Å²) in [5, 5.41) is 12.3. The summed E-state index contributed by atoms with van der Waals surface area (Å²) in [5.74, 6) is 1.76. The fraction of sp³-hybridized carbons (Fsp3) is 0.320. The zero-order valence-corrected chi connectivity index (χ0v) is 19.9. The van der Waals surface area contributed by atoms with Crippen molar-refractivity contribution in [1.82, 2.24) is 20.1 Å². The molecular formula is C25H30N4O2S. The van der Waals surface area contributed by atoms with Gasteiger partial charge in [-0.1, -0.05) is 75.0 Å². The van der Waals surface area contributed by atoms with E-state index in [2.05, 4.69) is 67.1 Å². The third-order valence-corrected chi connectivity index (χ3v) is 5.99. The molecule has 168 valence electrons. The summed E-state index contributed by atoms with van der Waals surface area (Å²) < 4.78 is 7.14. The van der Waals surface area contributed by atoms with Gasteiger partial charge in [-0.15, -0.1) is 16.8 Å². The van der Waals surface area contributed by atoms with Crippen LogP contribution in [0, 0.1) is 0 Å². The maximum atomic E-state index is 12.4. The minimum atomic E-state index is -0.0601. The Morgan fingerprint density at radius 1 is 1.12 bits per heavy atom. The normalized spacial score (nSPS) is 11.2. The largest absolute Gasteiger partial charge is 0.497 e. The minimum absolute atomic E-state index is 0.0601. The summed E-state index contributed by atoms with van der Waals surface area (Å²) in [7, 11) is 1.63. The molecule has 0 aliphatic rings. The molecule has 0 saturated heterocycles. The summed E-state index contributed by atoms with van der Waals surface area (Å²) in [6, 6.07) is 16.0. The molecule has 1 amide bonds. The molecule has 0 aliphatic heterocycles. The van der Waals surface area contributed by atoms with Crippen molar-refractivity contribution in [2.75, 3.05) is 12.9 Å². The van der Waals surface area contributed by atoms with Crippen LogP contribution < -0.4 is 10.1 Å². The molecule has 0 unspecified atom stereocenters. The average molecular weight is 451 g/mol. The topological polar surface area (TPSA) is 69.0 Å². The number of methoxy groups -OCH3 is 1. The summed E-state index contributed by atoms with van der Waals surface area (Å²) in [6.07, 6.45) is 1.81. The second-order valence-electron chi connectivity index (χ2n) is 8.45. The maximum absolute atomic E-state index is 12.4. The Morgan fingerprint density at radius 3 is 2.41 bits per heavy atom. The number of carbonyl (C=O) groups excluding carboxylic acids is 1. The van der Waals surface area contributed by atoms with Gasteiger partial charge >= 0.3 is 0 Å². The number of hydrogen-bond acceptors (Lipinski definition) is 5. The number of ether oxygens (including phenoxy) is 1. The number of thioether (sulfide) groups is 1.